The fourth-order valence-electron chi connectivity index (χ4n) is 3.39. The molecule has 1 aliphatic heterocycles. The summed E-state index contributed by atoms with van der Waals surface area (Å²) in [6, 6.07) is 10.2. The summed E-state index contributed by atoms with van der Waals surface area (Å²) >= 11 is 0. The van der Waals surface area contributed by atoms with Crippen LogP contribution in [0.5, 0.6) is 0 Å². The number of para-hydroxylation sites is 1. The van der Waals surface area contributed by atoms with Gasteiger partial charge < -0.3 is 4.57 Å². The van der Waals surface area contributed by atoms with E-state index < -0.39 is 10.0 Å². The van der Waals surface area contributed by atoms with E-state index in [1.807, 2.05) is 12.1 Å². The molecule has 0 fully saturated rings. The molecule has 4 rings (SSSR count). The Bertz CT molecular complexity index is 981. The van der Waals surface area contributed by atoms with Gasteiger partial charge in [0.1, 0.15) is 4.90 Å². The molecule has 2 aromatic heterocycles. The number of aromatic nitrogens is 3. The Kier molecular flexibility index (Phi) is 3.11. The Hall–Kier alpha value is -2.12. The molecule has 23 heavy (non-hydrogen) atoms. The van der Waals surface area contributed by atoms with E-state index in [4.69, 9.17) is 0 Å². The molecule has 0 bridgehead atoms. The molecule has 7 heteroatoms. The fourth-order valence-corrected chi connectivity index (χ4v) is 5.12. The van der Waals surface area contributed by atoms with E-state index in [2.05, 4.69) is 33.0 Å². The van der Waals surface area contributed by atoms with Gasteiger partial charge in [0, 0.05) is 24.3 Å². The van der Waals surface area contributed by atoms with Crippen LogP contribution in [0.3, 0.4) is 0 Å². The minimum atomic E-state index is -3.53. The number of aryl methyl sites for hydroxylation is 2. The standard InChI is InChI=1S/C16H18N4O2S/c1-11-16(12(2)18-17-11)23(21,22)19-7-8-20-14(10-19)9-13-5-3-4-6-15(13)20/h3-6,9H,7-8,10H2,1-2H3,(H,17,18). The van der Waals surface area contributed by atoms with Crippen molar-refractivity contribution >= 4 is 20.9 Å². The van der Waals surface area contributed by atoms with Gasteiger partial charge in [0.15, 0.2) is 0 Å². The third kappa shape index (κ3) is 2.11. The SMILES string of the molecule is Cc1n[nH]c(C)c1S(=O)(=O)N1CCn2c(cc3ccccc32)C1. The van der Waals surface area contributed by atoms with Crippen LogP contribution >= 0.6 is 0 Å². The normalized spacial score (nSPS) is 15.9. The maximum Gasteiger partial charge on any atom is 0.247 e. The topological polar surface area (TPSA) is 71.0 Å². The summed E-state index contributed by atoms with van der Waals surface area (Å²) in [5.41, 5.74) is 3.30. The highest BCUT2D eigenvalue weighted by atomic mass is 32.2. The van der Waals surface area contributed by atoms with Crippen LogP contribution in [0.15, 0.2) is 35.2 Å². The molecule has 1 aromatic carbocycles. The van der Waals surface area contributed by atoms with Gasteiger partial charge in [0.05, 0.1) is 17.9 Å². The molecule has 3 aromatic rings. The first-order chi connectivity index (χ1) is 11.0. The van der Waals surface area contributed by atoms with E-state index in [0.717, 1.165) is 16.6 Å². The van der Waals surface area contributed by atoms with Gasteiger partial charge in [-0.2, -0.15) is 9.40 Å². The molecule has 0 spiro atoms. The van der Waals surface area contributed by atoms with Gasteiger partial charge in [-0.25, -0.2) is 8.42 Å². The van der Waals surface area contributed by atoms with Crippen LogP contribution in [0.4, 0.5) is 0 Å². The van der Waals surface area contributed by atoms with Gasteiger partial charge in [0.25, 0.3) is 0 Å². The minimum absolute atomic E-state index is 0.307. The molecular weight excluding hydrogens is 312 g/mol. The number of hydrogen-bond acceptors (Lipinski definition) is 3. The second-order valence-electron chi connectivity index (χ2n) is 5.95. The van der Waals surface area contributed by atoms with Crippen molar-refractivity contribution in [1.82, 2.24) is 19.1 Å². The zero-order valence-electron chi connectivity index (χ0n) is 13.1. The van der Waals surface area contributed by atoms with Crippen LogP contribution in [-0.2, 0) is 23.1 Å². The zero-order chi connectivity index (χ0) is 16.2. The van der Waals surface area contributed by atoms with E-state index >= 15 is 0 Å². The average Bonchev–Trinajstić information content (AvgIpc) is 3.06. The fraction of sp³-hybridized carbons (Fsp3) is 0.312. The van der Waals surface area contributed by atoms with Crippen molar-refractivity contribution in [3.63, 3.8) is 0 Å². The van der Waals surface area contributed by atoms with Gasteiger partial charge in [-0.1, -0.05) is 18.2 Å². The predicted octanol–water partition coefficient (Wildman–Crippen LogP) is 2.19. The number of nitrogens with zero attached hydrogens (tertiary/aromatic N) is 3. The summed E-state index contributed by atoms with van der Waals surface area (Å²) in [7, 11) is -3.53. The highest BCUT2D eigenvalue weighted by Crippen LogP contribution is 2.28. The summed E-state index contributed by atoms with van der Waals surface area (Å²) < 4.78 is 29.7. The first-order valence-electron chi connectivity index (χ1n) is 7.57. The van der Waals surface area contributed by atoms with Crippen LogP contribution in [0.2, 0.25) is 0 Å². The Morgan fingerprint density at radius 3 is 2.70 bits per heavy atom. The number of benzene rings is 1. The number of rotatable bonds is 2. The molecular formula is C16H18N4O2S. The monoisotopic (exact) mass is 330 g/mol. The summed E-state index contributed by atoms with van der Waals surface area (Å²) in [6.07, 6.45) is 0. The van der Waals surface area contributed by atoms with Crippen LogP contribution in [0.1, 0.15) is 17.1 Å². The van der Waals surface area contributed by atoms with Crippen LogP contribution in [-0.4, -0.2) is 34.0 Å². The number of sulfonamides is 1. The van der Waals surface area contributed by atoms with Crippen LogP contribution < -0.4 is 0 Å². The van der Waals surface area contributed by atoms with Gasteiger partial charge in [-0.3, -0.25) is 5.10 Å². The first kappa shape index (κ1) is 14.5. The Morgan fingerprint density at radius 2 is 1.96 bits per heavy atom. The first-order valence-corrected chi connectivity index (χ1v) is 9.01. The van der Waals surface area contributed by atoms with Gasteiger partial charge in [-0.05, 0) is 31.4 Å². The average molecular weight is 330 g/mol. The number of aromatic amines is 1. The maximum atomic E-state index is 13.0. The van der Waals surface area contributed by atoms with Crippen molar-refractivity contribution in [2.75, 3.05) is 6.54 Å². The van der Waals surface area contributed by atoms with Crippen molar-refractivity contribution < 1.29 is 8.42 Å². The predicted molar refractivity (Wildman–Crippen MR) is 87.6 cm³/mol. The summed E-state index contributed by atoms with van der Waals surface area (Å²) in [5, 5.41) is 7.93. The van der Waals surface area contributed by atoms with E-state index in [1.165, 1.54) is 0 Å². The lowest BCUT2D eigenvalue weighted by atomic mass is 10.2. The lowest BCUT2D eigenvalue weighted by Crippen LogP contribution is -2.38. The van der Waals surface area contributed by atoms with Crippen LogP contribution in [0.25, 0.3) is 10.9 Å². The third-order valence-electron chi connectivity index (χ3n) is 4.47. The minimum Gasteiger partial charge on any atom is -0.342 e. The van der Waals surface area contributed by atoms with E-state index in [0.29, 0.717) is 35.9 Å². The van der Waals surface area contributed by atoms with Crippen molar-refractivity contribution in [3.05, 3.63) is 47.4 Å². The second-order valence-corrected chi connectivity index (χ2v) is 7.82. The summed E-state index contributed by atoms with van der Waals surface area (Å²) in [4.78, 5) is 0.307. The molecule has 0 aliphatic carbocycles. The Morgan fingerprint density at radius 1 is 1.17 bits per heavy atom. The van der Waals surface area contributed by atoms with E-state index in [9.17, 15) is 8.42 Å². The van der Waals surface area contributed by atoms with Crippen molar-refractivity contribution in [2.45, 2.75) is 31.8 Å². The largest absolute Gasteiger partial charge is 0.342 e. The molecule has 3 heterocycles. The summed E-state index contributed by atoms with van der Waals surface area (Å²) in [6.45, 7) is 4.99. The number of nitrogens with one attached hydrogen (secondary N) is 1. The lowest BCUT2D eigenvalue weighted by molar-refractivity contribution is 0.345. The zero-order valence-corrected chi connectivity index (χ0v) is 13.9. The molecule has 120 valence electrons. The molecule has 0 amide bonds. The molecule has 1 aliphatic rings. The molecule has 0 unspecified atom stereocenters. The Labute approximate surface area is 134 Å². The van der Waals surface area contributed by atoms with Crippen molar-refractivity contribution in [2.24, 2.45) is 0 Å². The molecule has 0 saturated carbocycles. The maximum absolute atomic E-state index is 13.0. The van der Waals surface area contributed by atoms with Gasteiger partial charge in [0.2, 0.25) is 10.0 Å². The number of H-pyrrole nitrogens is 1. The van der Waals surface area contributed by atoms with Gasteiger partial charge >= 0.3 is 0 Å². The molecule has 0 atom stereocenters. The second kappa shape index (κ2) is 4.94. The van der Waals surface area contributed by atoms with Crippen molar-refractivity contribution in [3.8, 4) is 0 Å². The smallest absolute Gasteiger partial charge is 0.247 e. The molecule has 0 saturated heterocycles. The van der Waals surface area contributed by atoms with E-state index in [-0.39, 0.29) is 0 Å². The number of fused-ring (bicyclic) bond motifs is 3. The van der Waals surface area contributed by atoms with Gasteiger partial charge in [-0.15, -0.1) is 0 Å². The highest BCUT2D eigenvalue weighted by molar-refractivity contribution is 7.89. The molecule has 1 N–H and O–H groups in total. The van der Waals surface area contributed by atoms with Crippen molar-refractivity contribution in [1.29, 1.82) is 0 Å². The molecule has 0 radical (unpaired) electrons. The number of hydrogen-bond donors (Lipinski definition) is 1. The third-order valence-corrected chi connectivity index (χ3v) is 6.58. The summed E-state index contributed by atoms with van der Waals surface area (Å²) in [5.74, 6) is 0. The lowest BCUT2D eigenvalue weighted by Gasteiger charge is -2.28. The molecule has 6 nitrogen and oxygen atoms in total. The van der Waals surface area contributed by atoms with E-state index in [1.54, 1.807) is 18.2 Å². The highest BCUT2D eigenvalue weighted by Gasteiger charge is 2.32. The quantitative estimate of drug-likeness (QED) is 0.783. The van der Waals surface area contributed by atoms with Crippen LogP contribution in [0, 0.1) is 13.8 Å². The Balaban J connectivity index is 1.76.